The van der Waals surface area contributed by atoms with Gasteiger partial charge in [0.2, 0.25) is 17.7 Å². The van der Waals surface area contributed by atoms with Crippen LogP contribution in [0.1, 0.15) is 34.3 Å². The van der Waals surface area contributed by atoms with Crippen LogP contribution in [-0.2, 0) is 27.2 Å². The first-order valence-electron chi connectivity index (χ1n) is 13.8. The number of phenolic OH excluding ortho intramolecular Hbond substituents is 2. The summed E-state index contributed by atoms with van der Waals surface area (Å²) in [5, 5.41) is 29.7. The van der Waals surface area contributed by atoms with Crippen LogP contribution in [0.5, 0.6) is 11.5 Å². The summed E-state index contributed by atoms with van der Waals surface area (Å²) in [4.78, 5) is 51.7. The minimum absolute atomic E-state index is 0.0297. The molecule has 0 saturated heterocycles. The number of benzene rings is 3. The molecule has 3 aromatic rings. The molecule has 0 aliphatic heterocycles. The molecule has 0 spiro atoms. The predicted octanol–water partition coefficient (Wildman–Crippen LogP) is 1.28. The molecule has 43 heavy (non-hydrogen) atoms. The zero-order valence-electron chi connectivity index (χ0n) is 23.5. The lowest BCUT2D eigenvalue weighted by Crippen LogP contribution is -2.53. The molecule has 11 nitrogen and oxygen atoms in total. The summed E-state index contributed by atoms with van der Waals surface area (Å²) in [6, 6.07) is 15.0. The fraction of sp³-hybridized carbons (Fsp3) is 0.290. The second-order valence-corrected chi connectivity index (χ2v) is 9.90. The first-order valence-corrected chi connectivity index (χ1v) is 13.8. The van der Waals surface area contributed by atoms with Crippen molar-refractivity contribution in [3.63, 3.8) is 0 Å². The number of rotatable bonds is 15. The molecule has 228 valence electrons. The number of aromatic hydroxyl groups is 2. The number of carbonyl (C=O) groups is 4. The molecule has 0 unspecified atom stereocenters. The number of unbranched alkanes of at least 4 members (excludes halogenated alkanes) is 1. The van der Waals surface area contributed by atoms with Gasteiger partial charge in [-0.3, -0.25) is 19.2 Å². The molecule has 0 heterocycles. The molecule has 0 saturated carbocycles. The van der Waals surface area contributed by atoms with E-state index in [4.69, 9.17) is 5.73 Å². The Morgan fingerprint density at radius 1 is 0.698 bits per heavy atom. The summed E-state index contributed by atoms with van der Waals surface area (Å²) in [7, 11) is 0. The van der Waals surface area contributed by atoms with Crippen LogP contribution in [0.2, 0.25) is 0 Å². The second-order valence-electron chi connectivity index (χ2n) is 9.90. The Labute approximate surface area is 248 Å². The number of nitrogens with one attached hydrogen (secondary N) is 4. The van der Waals surface area contributed by atoms with Crippen LogP contribution in [-0.4, -0.2) is 65.6 Å². The van der Waals surface area contributed by atoms with Crippen molar-refractivity contribution >= 4 is 23.6 Å². The predicted molar refractivity (Wildman–Crippen MR) is 158 cm³/mol. The first-order chi connectivity index (χ1) is 20.6. The largest absolute Gasteiger partial charge is 0.508 e. The molecule has 0 aliphatic rings. The SMILES string of the molecule is NCCCCNC(=O)[C@H](Cc1ccc(O)cc1)NC(=O)CNC(=O)[C@H](Cc1ccc(O)cc1)NC(=O)c1ccc(F)cc1. The van der Waals surface area contributed by atoms with Gasteiger partial charge in [0.25, 0.3) is 5.91 Å². The maximum absolute atomic E-state index is 13.3. The maximum atomic E-state index is 13.3. The van der Waals surface area contributed by atoms with Gasteiger partial charge in [-0.05, 0) is 79.0 Å². The number of amides is 4. The number of nitrogens with two attached hydrogens (primary N) is 1. The van der Waals surface area contributed by atoms with Crippen LogP contribution < -0.4 is 27.0 Å². The Hall–Kier alpha value is -4.97. The fourth-order valence-corrected chi connectivity index (χ4v) is 4.14. The smallest absolute Gasteiger partial charge is 0.251 e. The molecule has 0 aromatic heterocycles. The first kappa shape index (κ1) is 32.5. The number of carbonyl (C=O) groups excluding carboxylic acids is 4. The van der Waals surface area contributed by atoms with Crippen LogP contribution in [0.3, 0.4) is 0 Å². The van der Waals surface area contributed by atoms with Gasteiger partial charge in [-0.15, -0.1) is 0 Å². The van der Waals surface area contributed by atoms with Crippen molar-refractivity contribution in [2.75, 3.05) is 19.6 Å². The van der Waals surface area contributed by atoms with Gasteiger partial charge in [0.05, 0.1) is 6.54 Å². The third-order valence-corrected chi connectivity index (χ3v) is 6.49. The molecule has 0 radical (unpaired) electrons. The highest BCUT2D eigenvalue weighted by atomic mass is 19.1. The zero-order valence-corrected chi connectivity index (χ0v) is 23.5. The molecule has 12 heteroatoms. The second kappa shape index (κ2) is 16.5. The third-order valence-electron chi connectivity index (χ3n) is 6.49. The number of halogens is 1. The minimum atomic E-state index is -1.12. The van der Waals surface area contributed by atoms with Gasteiger partial charge in [0.15, 0.2) is 0 Å². The Bertz CT molecular complexity index is 1370. The van der Waals surface area contributed by atoms with Crippen molar-refractivity contribution < 1.29 is 33.8 Å². The van der Waals surface area contributed by atoms with Crippen LogP contribution in [0.25, 0.3) is 0 Å². The van der Waals surface area contributed by atoms with Crippen molar-refractivity contribution in [3.05, 3.63) is 95.3 Å². The minimum Gasteiger partial charge on any atom is -0.508 e. The summed E-state index contributed by atoms with van der Waals surface area (Å²) < 4.78 is 13.3. The summed E-state index contributed by atoms with van der Waals surface area (Å²) in [6.07, 6.45) is 1.57. The van der Waals surface area contributed by atoms with E-state index >= 15 is 0 Å². The molecule has 4 amide bonds. The van der Waals surface area contributed by atoms with Gasteiger partial charge < -0.3 is 37.2 Å². The molecule has 0 aliphatic carbocycles. The highest BCUT2D eigenvalue weighted by Crippen LogP contribution is 2.13. The van der Waals surface area contributed by atoms with Crippen molar-refractivity contribution in [2.45, 2.75) is 37.8 Å². The van der Waals surface area contributed by atoms with E-state index in [-0.39, 0.29) is 29.9 Å². The zero-order chi connectivity index (χ0) is 31.2. The number of hydrogen-bond acceptors (Lipinski definition) is 7. The van der Waals surface area contributed by atoms with E-state index in [0.29, 0.717) is 30.6 Å². The number of hydrogen-bond donors (Lipinski definition) is 7. The lowest BCUT2D eigenvalue weighted by molar-refractivity contribution is -0.130. The van der Waals surface area contributed by atoms with Gasteiger partial charge >= 0.3 is 0 Å². The van der Waals surface area contributed by atoms with E-state index in [9.17, 15) is 33.8 Å². The highest BCUT2D eigenvalue weighted by molar-refractivity contribution is 5.98. The van der Waals surface area contributed by atoms with E-state index in [1.807, 2.05) is 0 Å². The van der Waals surface area contributed by atoms with Crippen molar-refractivity contribution in [3.8, 4) is 11.5 Å². The van der Waals surface area contributed by atoms with E-state index in [1.165, 1.54) is 36.4 Å². The van der Waals surface area contributed by atoms with E-state index in [2.05, 4.69) is 21.3 Å². The third kappa shape index (κ3) is 11.1. The molecule has 2 atom stereocenters. The van der Waals surface area contributed by atoms with E-state index in [0.717, 1.165) is 18.6 Å². The van der Waals surface area contributed by atoms with Crippen LogP contribution in [0.15, 0.2) is 72.8 Å². The summed E-state index contributed by atoms with van der Waals surface area (Å²) in [5.74, 6) is -2.77. The van der Waals surface area contributed by atoms with Crippen LogP contribution >= 0.6 is 0 Å². The molecular formula is C31H36FN5O6. The van der Waals surface area contributed by atoms with Gasteiger partial charge in [-0.1, -0.05) is 24.3 Å². The fourth-order valence-electron chi connectivity index (χ4n) is 4.14. The van der Waals surface area contributed by atoms with Gasteiger partial charge in [-0.25, -0.2) is 4.39 Å². The Balaban J connectivity index is 1.66. The Kier molecular flexibility index (Phi) is 12.5. The van der Waals surface area contributed by atoms with Crippen molar-refractivity contribution in [1.82, 2.24) is 21.3 Å². The average molecular weight is 594 g/mol. The molecule has 0 bridgehead atoms. The van der Waals surface area contributed by atoms with E-state index < -0.39 is 48.1 Å². The monoisotopic (exact) mass is 593 g/mol. The normalized spacial score (nSPS) is 12.0. The topological polar surface area (TPSA) is 183 Å². The van der Waals surface area contributed by atoms with Crippen molar-refractivity contribution in [2.24, 2.45) is 5.73 Å². The summed E-state index contributed by atoms with van der Waals surface area (Å²) in [6.45, 7) is 0.382. The Morgan fingerprint density at radius 3 is 1.74 bits per heavy atom. The maximum Gasteiger partial charge on any atom is 0.251 e. The number of phenols is 2. The van der Waals surface area contributed by atoms with Gasteiger partial charge in [0, 0.05) is 24.9 Å². The summed E-state index contributed by atoms with van der Waals surface area (Å²) in [5.41, 5.74) is 6.96. The quantitative estimate of drug-likeness (QED) is 0.130. The van der Waals surface area contributed by atoms with E-state index in [1.54, 1.807) is 24.3 Å². The summed E-state index contributed by atoms with van der Waals surface area (Å²) >= 11 is 0. The lowest BCUT2D eigenvalue weighted by Gasteiger charge is -2.21. The van der Waals surface area contributed by atoms with Gasteiger partial charge in [0.1, 0.15) is 29.4 Å². The average Bonchev–Trinajstić information content (AvgIpc) is 2.99. The molecule has 0 fully saturated rings. The standard InChI is InChI=1S/C31H36FN5O6/c32-23-9-7-22(8-10-23)29(41)37-27(18-21-5-13-25(39)14-6-21)31(43)35-19-28(40)36-26(30(42)34-16-2-1-15-33)17-20-3-11-24(38)12-4-20/h3-14,26-27,38-39H,1-2,15-19,33H2,(H,34,42)(H,35,43)(H,36,40)(H,37,41)/t26-,27-/m0/s1. The van der Waals surface area contributed by atoms with Crippen molar-refractivity contribution in [1.29, 1.82) is 0 Å². The highest BCUT2D eigenvalue weighted by Gasteiger charge is 2.25. The molecule has 3 aromatic carbocycles. The molecular weight excluding hydrogens is 557 g/mol. The van der Waals surface area contributed by atoms with Gasteiger partial charge in [-0.2, -0.15) is 0 Å². The molecule has 3 rings (SSSR count). The van der Waals surface area contributed by atoms with Crippen LogP contribution in [0.4, 0.5) is 4.39 Å². The van der Waals surface area contributed by atoms with Crippen LogP contribution in [0, 0.1) is 5.82 Å². The lowest BCUT2D eigenvalue weighted by atomic mass is 10.0. The molecule has 8 N–H and O–H groups in total. The Morgan fingerprint density at radius 2 is 1.21 bits per heavy atom.